The third-order valence-electron chi connectivity index (χ3n) is 2.95. The zero-order valence-electron chi connectivity index (χ0n) is 12.3. The Balaban J connectivity index is 2.40. The van der Waals surface area contributed by atoms with E-state index in [0.717, 1.165) is 19.4 Å². The molecule has 0 radical (unpaired) electrons. The lowest BCUT2D eigenvalue weighted by molar-refractivity contribution is 0.161. The molecule has 106 valence electrons. The van der Waals surface area contributed by atoms with Crippen LogP contribution in [0.1, 0.15) is 18.9 Å². The van der Waals surface area contributed by atoms with Gasteiger partial charge in [0, 0.05) is 13.6 Å². The Hall–Kier alpha value is -1.55. The molecule has 0 unspecified atom stereocenters. The van der Waals surface area contributed by atoms with Crippen molar-refractivity contribution >= 4 is 6.09 Å². The monoisotopic (exact) mass is 264 g/mol. The van der Waals surface area contributed by atoms with E-state index in [9.17, 15) is 4.79 Å². The number of hydrogen-bond acceptors (Lipinski definition) is 3. The van der Waals surface area contributed by atoms with E-state index in [1.807, 2.05) is 38.4 Å². The van der Waals surface area contributed by atoms with Gasteiger partial charge in [0.2, 0.25) is 0 Å². The van der Waals surface area contributed by atoms with Crippen molar-refractivity contribution in [1.82, 2.24) is 9.80 Å². The summed E-state index contributed by atoms with van der Waals surface area (Å²) in [5.41, 5.74) is 1.24. The smallest absolute Gasteiger partial charge is 0.410 e. The minimum Gasteiger partial charge on any atom is -0.410 e. The maximum Gasteiger partial charge on any atom is 0.414 e. The second-order valence-corrected chi connectivity index (χ2v) is 4.94. The SMILES string of the molecule is CCc1ccc(OC(=O)N(C)CCCN(C)C)cc1. The summed E-state index contributed by atoms with van der Waals surface area (Å²) in [7, 11) is 5.81. The molecular formula is C15H24N2O2. The molecule has 1 aromatic carbocycles. The molecule has 4 heteroatoms. The molecule has 0 atom stereocenters. The van der Waals surface area contributed by atoms with Crippen molar-refractivity contribution in [3.63, 3.8) is 0 Å². The molecule has 0 heterocycles. The normalized spacial score (nSPS) is 10.6. The quantitative estimate of drug-likeness (QED) is 0.792. The largest absolute Gasteiger partial charge is 0.414 e. The van der Waals surface area contributed by atoms with E-state index in [4.69, 9.17) is 4.74 Å². The molecule has 19 heavy (non-hydrogen) atoms. The Morgan fingerprint density at radius 2 is 1.74 bits per heavy atom. The molecular weight excluding hydrogens is 240 g/mol. The van der Waals surface area contributed by atoms with Crippen molar-refractivity contribution in [1.29, 1.82) is 0 Å². The van der Waals surface area contributed by atoms with Gasteiger partial charge in [0.25, 0.3) is 0 Å². The van der Waals surface area contributed by atoms with Gasteiger partial charge in [0.05, 0.1) is 0 Å². The van der Waals surface area contributed by atoms with Gasteiger partial charge < -0.3 is 14.5 Å². The molecule has 0 saturated carbocycles. The third kappa shape index (κ3) is 5.75. The predicted molar refractivity (Wildman–Crippen MR) is 77.6 cm³/mol. The number of aryl methyl sites for hydroxylation is 1. The van der Waals surface area contributed by atoms with E-state index in [2.05, 4.69) is 11.8 Å². The van der Waals surface area contributed by atoms with E-state index in [1.165, 1.54) is 5.56 Å². The van der Waals surface area contributed by atoms with Crippen LogP contribution >= 0.6 is 0 Å². The van der Waals surface area contributed by atoms with Crippen LogP contribution in [0.5, 0.6) is 5.75 Å². The Morgan fingerprint density at radius 3 is 2.26 bits per heavy atom. The third-order valence-corrected chi connectivity index (χ3v) is 2.95. The number of hydrogen-bond donors (Lipinski definition) is 0. The summed E-state index contributed by atoms with van der Waals surface area (Å²) < 4.78 is 5.31. The van der Waals surface area contributed by atoms with Crippen LogP contribution in [0.3, 0.4) is 0 Å². The van der Waals surface area contributed by atoms with Gasteiger partial charge in [0.1, 0.15) is 5.75 Å². The molecule has 1 amide bonds. The van der Waals surface area contributed by atoms with Crippen LogP contribution in [0.2, 0.25) is 0 Å². The second-order valence-electron chi connectivity index (χ2n) is 4.94. The fraction of sp³-hybridized carbons (Fsp3) is 0.533. The Labute approximate surface area is 116 Å². The van der Waals surface area contributed by atoms with Gasteiger partial charge in [-0.2, -0.15) is 0 Å². The van der Waals surface area contributed by atoms with Crippen LogP contribution in [0.25, 0.3) is 0 Å². The number of ether oxygens (including phenoxy) is 1. The van der Waals surface area contributed by atoms with Crippen LogP contribution in [0.4, 0.5) is 4.79 Å². The van der Waals surface area contributed by atoms with Crippen LogP contribution in [0, 0.1) is 0 Å². The number of amides is 1. The predicted octanol–water partition coefficient (Wildman–Crippen LogP) is 2.63. The molecule has 0 bridgehead atoms. The first kappa shape index (κ1) is 15.5. The first-order chi connectivity index (χ1) is 9.02. The van der Waals surface area contributed by atoms with Crippen molar-refractivity contribution < 1.29 is 9.53 Å². The summed E-state index contributed by atoms with van der Waals surface area (Å²) in [5.74, 6) is 0.599. The van der Waals surface area contributed by atoms with Gasteiger partial charge in [-0.05, 0) is 51.2 Å². The fourth-order valence-electron chi connectivity index (χ4n) is 1.69. The lowest BCUT2D eigenvalue weighted by Crippen LogP contribution is -2.32. The molecule has 0 aliphatic heterocycles. The minimum atomic E-state index is -0.303. The van der Waals surface area contributed by atoms with E-state index >= 15 is 0 Å². The molecule has 1 aromatic rings. The molecule has 1 rings (SSSR count). The van der Waals surface area contributed by atoms with Crippen molar-refractivity contribution in [2.45, 2.75) is 19.8 Å². The van der Waals surface area contributed by atoms with Gasteiger partial charge in [-0.15, -0.1) is 0 Å². The average Bonchev–Trinajstić information content (AvgIpc) is 2.39. The van der Waals surface area contributed by atoms with Crippen LogP contribution < -0.4 is 4.74 Å². The van der Waals surface area contributed by atoms with E-state index in [-0.39, 0.29) is 6.09 Å². The standard InChI is InChI=1S/C15H24N2O2/c1-5-13-7-9-14(10-8-13)19-15(18)17(4)12-6-11-16(2)3/h7-10H,5-6,11-12H2,1-4H3. The van der Waals surface area contributed by atoms with Crippen LogP contribution in [-0.4, -0.2) is 50.1 Å². The van der Waals surface area contributed by atoms with Crippen molar-refractivity contribution in [3.05, 3.63) is 29.8 Å². The maximum absolute atomic E-state index is 11.8. The summed E-state index contributed by atoms with van der Waals surface area (Å²) >= 11 is 0. The zero-order chi connectivity index (χ0) is 14.3. The van der Waals surface area contributed by atoms with Gasteiger partial charge in [0.15, 0.2) is 0 Å². The summed E-state index contributed by atoms with van der Waals surface area (Å²) in [5, 5.41) is 0. The summed E-state index contributed by atoms with van der Waals surface area (Å²) in [6, 6.07) is 7.64. The minimum absolute atomic E-state index is 0.303. The molecule has 0 aromatic heterocycles. The molecule has 0 aliphatic carbocycles. The summed E-state index contributed by atoms with van der Waals surface area (Å²) in [6.45, 7) is 3.76. The lowest BCUT2D eigenvalue weighted by Gasteiger charge is -2.18. The highest BCUT2D eigenvalue weighted by Gasteiger charge is 2.10. The molecule has 0 N–H and O–H groups in total. The fourth-order valence-corrected chi connectivity index (χ4v) is 1.69. The van der Waals surface area contributed by atoms with Crippen LogP contribution in [0.15, 0.2) is 24.3 Å². The number of carbonyl (C=O) groups is 1. The molecule has 0 fully saturated rings. The number of nitrogens with zero attached hydrogens (tertiary/aromatic N) is 2. The van der Waals surface area contributed by atoms with Gasteiger partial charge >= 0.3 is 6.09 Å². The van der Waals surface area contributed by atoms with Crippen molar-refractivity contribution in [2.24, 2.45) is 0 Å². The molecule has 0 saturated heterocycles. The lowest BCUT2D eigenvalue weighted by atomic mass is 10.2. The summed E-state index contributed by atoms with van der Waals surface area (Å²) in [4.78, 5) is 15.5. The second kappa shape index (κ2) is 7.79. The highest BCUT2D eigenvalue weighted by molar-refractivity contribution is 5.70. The Morgan fingerprint density at radius 1 is 1.11 bits per heavy atom. The van der Waals surface area contributed by atoms with Crippen molar-refractivity contribution in [2.75, 3.05) is 34.2 Å². The topological polar surface area (TPSA) is 32.8 Å². The van der Waals surface area contributed by atoms with E-state index in [1.54, 1.807) is 11.9 Å². The first-order valence-electron chi connectivity index (χ1n) is 6.69. The summed E-state index contributed by atoms with van der Waals surface area (Å²) in [6.07, 6.45) is 1.62. The Kier molecular flexibility index (Phi) is 6.36. The molecule has 0 aliphatic rings. The average molecular weight is 264 g/mol. The van der Waals surface area contributed by atoms with E-state index < -0.39 is 0 Å². The van der Waals surface area contributed by atoms with Gasteiger partial charge in [-0.25, -0.2) is 4.79 Å². The number of rotatable bonds is 6. The highest BCUT2D eigenvalue weighted by atomic mass is 16.6. The van der Waals surface area contributed by atoms with Crippen LogP contribution in [-0.2, 0) is 6.42 Å². The van der Waals surface area contributed by atoms with Crippen molar-refractivity contribution in [3.8, 4) is 5.75 Å². The first-order valence-corrected chi connectivity index (χ1v) is 6.69. The number of carbonyl (C=O) groups excluding carboxylic acids is 1. The Bertz CT molecular complexity index is 388. The maximum atomic E-state index is 11.8. The number of benzene rings is 1. The zero-order valence-corrected chi connectivity index (χ0v) is 12.3. The highest BCUT2D eigenvalue weighted by Crippen LogP contribution is 2.13. The van der Waals surface area contributed by atoms with Gasteiger partial charge in [-0.1, -0.05) is 19.1 Å². The molecule has 0 spiro atoms. The van der Waals surface area contributed by atoms with Gasteiger partial charge in [-0.3, -0.25) is 0 Å². The van der Waals surface area contributed by atoms with E-state index in [0.29, 0.717) is 12.3 Å². The molecule has 4 nitrogen and oxygen atoms in total.